The Bertz CT molecular complexity index is 973. The summed E-state index contributed by atoms with van der Waals surface area (Å²) < 4.78 is 7.34. The van der Waals surface area contributed by atoms with E-state index < -0.39 is 5.97 Å². The number of carboxylic acids is 1. The third-order valence-electron chi connectivity index (χ3n) is 4.04. The molecule has 0 aromatic heterocycles. The predicted octanol–water partition coefficient (Wildman–Crippen LogP) is 4.95. The molecule has 1 aliphatic heterocycles. The van der Waals surface area contributed by atoms with E-state index in [1.54, 1.807) is 35.2 Å². The zero-order chi connectivity index (χ0) is 20.3. The molecule has 1 fully saturated rings. The second-order valence-electron chi connectivity index (χ2n) is 5.90. The number of thiocarbonyl (C=S) groups is 1. The van der Waals surface area contributed by atoms with Crippen LogP contribution >= 0.6 is 39.9 Å². The number of nitrogens with zero attached hydrogens (tertiary/aromatic N) is 1. The topological polar surface area (TPSA) is 66.8 Å². The van der Waals surface area contributed by atoms with Crippen molar-refractivity contribution in [1.29, 1.82) is 0 Å². The molecule has 1 saturated heterocycles. The number of thioether (sulfide) groups is 1. The number of benzene rings is 2. The van der Waals surface area contributed by atoms with Gasteiger partial charge in [-0.15, -0.1) is 0 Å². The lowest BCUT2D eigenvalue weighted by atomic mass is 10.1. The predicted molar refractivity (Wildman–Crippen MR) is 117 cm³/mol. The minimum Gasteiger partial charge on any atom is -0.488 e. The van der Waals surface area contributed by atoms with Crippen LogP contribution in [0.25, 0.3) is 6.08 Å². The van der Waals surface area contributed by atoms with E-state index in [0.717, 1.165) is 15.6 Å². The van der Waals surface area contributed by atoms with Crippen molar-refractivity contribution < 1.29 is 19.4 Å². The molecule has 0 unspecified atom stereocenters. The number of carbonyl (C=O) groups excluding carboxylic acids is 1. The molecule has 0 atom stereocenters. The summed E-state index contributed by atoms with van der Waals surface area (Å²) in [5.41, 5.74) is 1.83. The van der Waals surface area contributed by atoms with Gasteiger partial charge in [-0.2, -0.15) is 0 Å². The van der Waals surface area contributed by atoms with Crippen LogP contribution in [0, 0.1) is 0 Å². The van der Waals surface area contributed by atoms with E-state index in [9.17, 15) is 9.59 Å². The highest BCUT2D eigenvalue weighted by Gasteiger charge is 2.30. The Morgan fingerprint density at radius 3 is 2.61 bits per heavy atom. The maximum atomic E-state index is 12.5. The first-order valence-corrected chi connectivity index (χ1v) is 10.4. The number of hydrogen-bond acceptors (Lipinski definition) is 5. The summed E-state index contributed by atoms with van der Waals surface area (Å²) in [5.74, 6) is -0.452. The van der Waals surface area contributed by atoms with Gasteiger partial charge in [0.05, 0.1) is 10.5 Å². The highest BCUT2D eigenvalue weighted by molar-refractivity contribution is 9.10. The number of carboxylic acid groups (broad SMARTS) is 1. The maximum absolute atomic E-state index is 12.5. The van der Waals surface area contributed by atoms with Gasteiger partial charge in [0.2, 0.25) is 0 Å². The zero-order valence-electron chi connectivity index (χ0n) is 14.8. The lowest BCUT2D eigenvalue weighted by molar-refractivity contribution is -0.121. The molecule has 1 N–H and O–H groups in total. The first-order valence-electron chi connectivity index (χ1n) is 8.39. The SMILES string of the molecule is CCN1C(=O)/C(=C/c2cc(Br)ccc2OCc2ccc(C(=O)O)cc2)SC1=S. The van der Waals surface area contributed by atoms with Gasteiger partial charge in [0.25, 0.3) is 5.91 Å². The molecule has 8 heteroatoms. The summed E-state index contributed by atoms with van der Waals surface area (Å²) in [6, 6.07) is 12.1. The fourth-order valence-corrected chi connectivity index (χ4v) is 4.34. The van der Waals surface area contributed by atoms with E-state index in [-0.39, 0.29) is 18.1 Å². The van der Waals surface area contributed by atoms with Gasteiger partial charge in [0.15, 0.2) is 0 Å². The molecular weight excluding hydrogens is 462 g/mol. The molecule has 1 amide bonds. The first-order chi connectivity index (χ1) is 13.4. The summed E-state index contributed by atoms with van der Waals surface area (Å²) in [6.07, 6.45) is 1.78. The van der Waals surface area contributed by atoms with Crippen molar-refractivity contribution >= 4 is 62.2 Å². The fraction of sp³-hybridized carbons (Fsp3) is 0.150. The third kappa shape index (κ3) is 4.63. The summed E-state index contributed by atoms with van der Waals surface area (Å²) in [5, 5.41) is 8.97. The van der Waals surface area contributed by atoms with Gasteiger partial charge in [0.1, 0.15) is 16.7 Å². The van der Waals surface area contributed by atoms with Gasteiger partial charge in [-0.1, -0.05) is 52.0 Å². The van der Waals surface area contributed by atoms with Crippen molar-refractivity contribution in [2.24, 2.45) is 0 Å². The lowest BCUT2D eigenvalue weighted by Gasteiger charge is -2.11. The Kier molecular flexibility index (Phi) is 6.53. The average Bonchev–Trinajstić information content (AvgIpc) is 2.94. The number of ether oxygens (including phenoxy) is 1. The van der Waals surface area contributed by atoms with Gasteiger partial charge in [-0.05, 0) is 48.9 Å². The third-order valence-corrected chi connectivity index (χ3v) is 5.91. The highest BCUT2D eigenvalue weighted by Crippen LogP contribution is 2.35. The Labute approximate surface area is 180 Å². The fourth-order valence-electron chi connectivity index (χ4n) is 2.58. The lowest BCUT2D eigenvalue weighted by Crippen LogP contribution is -2.27. The van der Waals surface area contributed by atoms with Gasteiger partial charge in [-0.3, -0.25) is 9.69 Å². The normalized spacial score (nSPS) is 15.4. The Hall–Kier alpha value is -2.16. The van der Waals surface area contributed by atoms with Crippen LogP contribution in [0.1, 0.15) is 28.4 Å². The van der Waals surface area contributed by atoms with Crippen molar-refractivity contribution in [3.8, 4) is 5.75 Å². The van der Waals surface area contributed by atoms with Gasteiger partial charge in [0, 0.05) is 16.6 Å². The molecule has 5 nitrogen and oxygen atoms in total. The number of aromatic carboxylic acids is 1. The molecule has 0 saturated carbocycles. The smallest absolute Gasteiger partial charge is 0.335 e. The van der Waals surface area contributed by atoms with E-state index in [2.05, 4.69) is 15.9 Å². The van der Waals surface area contributed by atoms with Crippen LogP contribution in [0.2, 0.25) is 0 Å². The van der Waals surface area contributed by atoms with E-state index in [1.165, 1.54) is 11.8 Å². The van der Waals surface area contributed by atoms with Crippen LogP contribution < -0.4 is 4.74 Å². The van der Waals surface area contributed by atoms with Crippen molar-refractivity contribution in [2.75, 3.05) is 6.54 Å². The van der Waals surface area contributed by atoms with Crippen LogP contribution in [0.15, 0.2) is 51.8 Å². The van der Waals surface area contributed by atoms with E-state index in [0.29, 0.717) is 21.5 Å². The van der Waals surface area contributed by atoms with Crippen LogP contribution in [0.5, 0.6) is 5.75 Å². The Morgan fingerprint density at radius 1 is 1.29 bits per heavy atom. The molecule has 144 valence electrons. The van der Waals surface area contributed by atoms with Crippen LogP contribution in [0.3, 0.4) is 0 Å². The van der Waals surface area contributed by atoms with Crippen molar-refractivity contribution in [2.45, 2.75) is 13.5 Å². The Balaban J connectivity index is 1.81. The molecule has 2 aromatic rings. The second kappa shape index (κ2) is 8.89. The average molecular weight is 478 g/mol. The molecule has 0 aliphatic carbocycles. The standard InChI is InChI=1S/C20H16BrNO4S2/c1-2-22-18(23)17(28-20(22)27)10-14-9-15(21)7-8-16(14)26-11-12-3-5-13(6-4-12)19(24)25/h3-10H,2,11H2,1H3,(H,24,25)/b17-10-. The largest absolute Gasteiger partial charge is 0.488 e. The first kappa shape index (κ1) is 20.6. The number of halogens is 1. The summed E-state index contributed by atoms with van der Waals surface area (Å²) in [4.78, 5) is 25.5. The number of rotatable bonds is 6. The van der Waals surface area contributed by atoms with Crippen LogP contribution in [0.4, 0.5) is 0 Å². The maximum Gasteiger partial charge on any atom is 0.335 e. The molecule has 28 heavy (non-hydrogen) atoms. The molecule has 0 spiro atoms. The zero-order valence-corrected chi connectivity index (χ0v) is 18.1. The molecule has 1 aliphatic rings. The Morgan fingerprint density at radius 2 is 2.00 bits per heavy atom. The monoisotopic (exact) mass is 477 g/mol. The summed E-state index contributed by atoms with van der Waals surface area (Å²) >= 11 is 9.98. The summed E-state index contributed by atoms with van der Waals surface area (Å²) in [6.45, 7) is 2.70. The molecule has 3 rings (SSSR count). The molecule has 1 heterocycles. The molecular formula is C20H16BrNO4S2. The molecule has 2 aromatic carbocycles. The van der Waals surface area contributed by atoms with E-state index >= 15 is 0 Å². The number of likely N-dealkylation sites (N-methyl/N-ethyl adjacent to an activating group) is 1. The van der Waals surface area contributed by atoms with Crippen LogP contribution in [-0.2, 0) is 11.4 Å². The van der Waals surface area contributed by atoms with Crippen molar-refractivity contribution in [3.05, 3.63) is 68.5 Å². The number of carbonyl (C=O) groups is 2. The van der Waals surface area contributed by atoms with Crippen LogP contribution in [-0.4, -0.2) is 32.7 Å². The minimum absolute atomic E-state index is 0.104. The van der Waals surface area contributed by atoms with E-state index in [1.807, 2.05) is 25.1 Å². The van der Waals surface area contributed by atoms with Gasteiger partial charge >= 0.3 is 5.97 Å². The summed E-state index contributed by atoms with van der Waals surface area (Å²) in [7, 11) is 0. The molecule has 0 radical (unpaired) electrons. The van der Waals surface area contributed by atoms with Gasteiger partial charge < -0.3 is 9.84 Å². The van der Waals surface area contributed by atoms with Gasteiger partial charge in [-0.25, -0.2) is 4.79 Å². The minimum atomic E-state index is -0.966. The van der Waals surface area contributed by atoms with Crippen molar-refractivity contribution in [1.82, 2.24) is 4.90 Å². The molecule has 0 bridgehead atoms. The quantitative estimate of drug-likeness (QED) is 0.468. The van der Waals surface area contributed by atoms with Crippen molar-refractivity contribution in [3.63, 3.8) is 0 Å². The van der Waals surface area contributed by atoms with E-state index in [4.69, 9.17) is 22.1 Å². The number of amides is 1. The highest BCUT2D eigenvalue weighted by atomic mass is 79.9. The number of hydrogen-bond donors (Lipinski definition) is 1. The second-order valence-corrected chi connectivity index (χ2v) is 8.49.